The molecule has 0 unspecified atom stereocenters. The summed E-state index contributed by atoms with van der Waals surface area (Å²) in [4.78, 5) is 41.9. The second-order valence-corrected chi connectivity index (χ2v) is 44.0. The minimum absolute atomic E-state index is 0. The third-order valence-electron chi connectivity index (χ3n) is 24.0. The maximum Gasteiger partial charge on any atom is 3.00 e. The molecule has 9 heteroatoms. The molecule has 0 N–H and O–H groups in total. The van der Waals surface area contributed by atoms with E-state index in [9.17, 15) is 0 Å². The number of rotatable bonds is 11. The summed E-state index contributed by atoms with van der Waals surface area (Å²) in [7, 11) is -0.877. The summed E-state index contributed by atoms with van der Waals surface area (Å²) in [6.07, 6.45) is 0. The Morgan fingerprint density at radius 1 is 0.187 bits per heavy atom. The summed E-state index contributed by atoms with van der Waals surface area (Å²) in [5, 5.41) is 4.31. The molecule has 1 aliphatic heterocycles. The predicted molar refractivity (Wildman–Crippen MR) is 523 cm³/mol. The van der Waals surface area contributed by atoms with Gasteiger partial charge in [0, 0.05) is 22.4 Å². The van der Waals surface area contributed by atoms with E-state index in [1.165, 1.54) is 60.4 Å². The molecule has 0 saturated heterocycles. The van der Waals surface area contributed by atoms with E-state index in [0.717, 1.165) is 89.0 Å². The van der Waals surface area contributed by atoms with Gasteiger partial charge in [0.15, 0.2) is 0 Å². The van der Waals surface area contributed by atoms with Crippen LogP contribution >= 0.6 is 7.92 Å². The van der Waals surface area contributed by atoms with Crippen molar-refractivity contribution < 1.29 is 16.8 Å². The number of fused-ring (bicyclic) bond motifs is 9. The molecular weight excluding hydrogens is 1560 g/mol. The van der Waals surface area contributed by atoms with Crippen molar-refractivity contribution in [3.63, 3.8) is 0 Å². The van der Waals surface area contributed by atoms with Crippen molar-refractivity contribution in [2.24, 2.45) is 0 Å². The molecule has 1 aliphatic rings. The van der Waals surface area contributed by atoms with Crippen molar-refractivity contribution in [2.45, 2.75) is 209 Å². The monoisotopic (exact) mass is 1680 g/mol. The van der Waals surface area contributed by atoms with Gasteiger partial charge in [-0.2, -0.15) is 0 Å². The summed E-state index contributed by atoms with van der Waals surface area (Å²) < 4.78 is 0. The molecule has 624 valence electrons. The van der Waals surface area contributed by atoms with E-state index in [2.05, 4.69) is 451 Å². The first-order valence-corrected chi connectivity index (χ1v) is 44.9. The molecule has 5 heterocycles. The van der Waals surface area contributed by atoms with Gasteiger partial charge in [-0.05, 0) is 225 Å². The van der Waals surface area contributed by atoms with E-state index in [1.807, 2.05) is 0 Å². The molecule has 0 saturated carbocycles. The normalized spacial score (nSPS) is 12.9. The molecule has 4 aromatic heterocycles. The Bertz CT molecular complexity index is 6340. The first-order chi connectivity index (χ1) is 57.5. The van der Waals surface area contributed by atoms with Crippen LogP contribution in [0.15, 0.2) is 285 Å². The van der Waals surface area contributed by atoms with Crippen LogP contribution in [-0.4, -0.2) is 19.9 Å². The molecule has 8 bridgehead atoms. The summed E-state index contributed by atoms with van der Waals surface area (Å²) in [5.41, 5.74) is 26.8. The van der Waals surface area contributed by atoms with Crippen molar-refractivity contribution in [2.75, 3.05) is 0 Å². The summed E-state index contributed by atoms with van der Waals surface area (Å²) in [6.45, 7) is 54.4. The number of hydrogen-bond donors (Lipinski definition) is 0. The third-order valence-corrected chi connectivity index (χ3v) is 26.8. The van der Waals surface area contributed by atoms with Crippen LogP contribution in [0, 0.1) is 0 Å². The molecule has 16 rings (SSSR count). The molecule has 123 heavy (non-hydrogen) atoms. The van der Waals surface area contributed by atoms with Crippen LogP contribution < -0.4 is 30.9 Å². The Morgan fingerprint density at radius 3 is 0.585 bits per heavy atom. The van der Waals surface area contributed by atoms with E-state index in [-0.39, 0.29) is 60.1 Å². The van der Waals surface area contributed by atoms with Crippen LogP contribution in [0.5, 0.6) is 0 Å². The van der Waals surface area contributed by atoms with Gasteiger partial charge >= 0.3 is 16.8 Å². The molecule has 15 aromatic rings. The number of benzene rings is 11. The molecule has 0 radical (unpaired) electrons. The maximum absolute atomic E-state index is 6.07. The molecule has 0 atom stereocenters. The molecule has 11 aromatic carbocycles. The van der Waals surface area contributed by atoms with Crippen molar-refractivity contribution in [3.05, 3.63) is 352 Å². The smallest absolute Gasteiger partial charge is 0.435 e. The van der Waals surface area contributed by atoms with Crippen LogP contribution in [-0.2, 0) is 60.1 Å². The van der Waals surface area contributed by atoms with E-state index in [4.69, 9.17) is 34.9 Å². The zero-order valence-corrected chi connectivity index (χ0v) is 78.6. The Labute approximate surface area is 743 Å². The van der Waals surface area contributed by atoms with Crippen LogP contribution in [0.3, 0.4) is 0 Å². The van der Waals surface area contributed by atoms with Crippen LogP contribution in [0.25, 0.3) is 112 Å². The number of nitrogens with zero attached hydrogens (tertiary/aromatic N) is 7. The maximum atomic E-state index is 6.07. The van der Waals surface area contributed by atoms with Crippen LogP contribution in [0.2, 0.25) is 0 Å². The quantitative estimate of drug-likeness (QED) is 0.119. The summed E-state index contributed by atoms with van der Waals surface area (Å²) >= 11 is 0. The molecule has 0 spiro atoms. The largest absolute Gasteiger partial charge is 3.00 e. The predicted octanol–water partition coefficient (Wildman–Crippen LogP) is 28.2. The Balaban J connectivity index is 0.000000540. The minimum Gasteiger partial charge on any atom is -0.435 e. The van der Waals surface area contributed by atoms with Gasteiger partial charge in [0.2, 0.25) is 0 Å². The number of aromatic nitrogens is 7. The van der Waals surface area contributed by atoms with Gasteiger partial charge in [-0.25, -0.2) is 4.98 Å². The Morgan fingerprint density at radius 2 is 0.366 bits per heavy atom. The van der Waals surface area contributed by atoms with Gasteiger partial charge in [-0.1, -0.05) is 415 Å². The summed E-state index contributed by atoms with van der Waals surface area (Å²) in [6, 6.07) is 105. The van der Waals surface area contributed by atoms with Crippen molar-refractivity contribution in [1.29, 1.82) is 0 Å². The van der Waals surface area contributed by atoms with Gasteiger partial charge in [0.05, 0.1) is 19.6 Å². The zero-order valence-electron chi connectivity index (χ0n) is 76.6. The summed E-state index contributed by atoms with van der Waals surface area (Å²) in [5.74, 6) is 0.963. The first-order valence-electron chi connectivity index (χ1n) is 43.4. The van der Waals surface area contributed by atoms with E-state index >= 15 is 0 Å². The fraction of sp³-hybridized carbons (Fsp3) is 0.281. The average molecular weight is 1680 g/mol. The Kier molecular flexibility index (Phi) is 24.3. The van der Waals surface area contributed by atoms with E-state index < -0.39 is 7.92 Å². The standard InChI is InChI=1S/C96H104N7.C18H15P.Co/c1-89(2,3)65-41-25-57(26-42-65)73-75(59-29-45-67(46-30-59)91(7,8)9)83-97-81(73)82-74(58-27-43-66(44-28-58)90(4,5)6)76(60-31-47-68(48-32-60)92(10,11)12)84(98-82)100-86-78(62-35-51-70(52-36-62)94(16,17)18)80(64-39-55-72(56-40-64)96(22,23)24)88(102-86)103-87-79(63-37-53-71(54-38-63)95(19,20)21)77(85(99-83)101-87)61-33-49-69(50-34-61)93(13,14)15;1-4-10-16(11-5-1)19(17-12-6-2-7-13-17)18-14-8-3-9-15-18;/h25-56H,1-24H3;1-15H;/q-3;;+3/p+1. The average Bonchev–Trinajstić information content (AvgIpc) is 1.56. The molecular formula is C114H120CoN7P+. The van der Waals surface area contributed by atoms with Gasteiger partial charge in [0.1, 0.15) is 15.9 Å². The van der Waals surface area contributed by atoms with Crippen molar-refractivity contribution >= 4 is 68.6 Å². The van der Waals surface area contributed by atoms with E-state index in [1.54, 1.807) is 0 Å². The van der Waals surface area contributed by atoms with Crippen LogP contribution in [0.1, 0.15) is 233 Å². The molecule has 0 amide bonds. The first kappa shape index (κ1) is 88.2. The SMILES string of the molecule is CC(C)(C)c1ccc(C2=C(c3ccc(C(C)(C)C)cc3)c3nc2nc2[n-]c(nc4[n-]c(c(-c5ccc(C(C)(C)C)cc5)c4-c4ccc(C(C)(C)C)cc4)c4[n-]c(n3)c(-c3ccc(C(C)(C)C)cc3)c4-c3ccc(C(C)(C)C)cc3)c(-c3ccc(C(C)(C)C)cc3)c2-c2ccc(C(C)(C)C)cc2)cc1.[Co+3].c1ccc([PH+](c2ccccc2)c2ccccc2)cc1. The fourth-order valence-corrected chi connectivity index (χ4v) is 19.1. The van der Waals surface area contributed by atoms with E-state index in [0.29, 0.717) is 45.3 Å². The van der Waals surface area contributed by atoms with Gasteiger partial charge < -0.3 is 29.9 Å². The topological polar surface area (TPSA) is 93.9 Å². The third kappa shape index (κ3) is 18.7. The van der Waals surface area contributed by atoms with Gasteiger partial charge in [0.25, 0.3) is 0 Å². The fourth-order valence-electron chi connectivity index (χ4n) is 16.5. The molecule has 0 fully saturated rings. The molecule has 7 nitrogen and oxygen atoms in total. The second-order valence-electron chi connectivity index (χ2n) is 41.5. The van der Waals surface area contributed by atoms with Crippen molar-refractivity contribution in [3.8, 4) is 66.8 Å². The Hall–Kier alpha value is -11.1. The minimum atomic E-state index is -0.877. The van der Waals surface area contributed by atoms with Gasteiger partial charge in [-0.3, -0.25) is 0 Å². The second kappa shape index (κ2) is 33.8. The van der Waals surface area contributed by atoms with Crippen LogP contribution in [0.4, 0.5) is 0 Å². The van der Waals surface area contributed by atoms with Crippen molar-refractivity contribution in [1.82, 2.24) is 34.9 Å². The zero-order chi connectivity index (χ0) is 87.0. The molecule has 0 aliphatic carbocycles. The van der Waals surface area contributed by atoms with Gasteiger partial charge in [-0.15, -0.1) is 0 Å². The number of hydrogen-bond acceptors (Lipinski definition) is 4.